The normalized spacial score (nSPS) is 10.5. The first-order valence-corrected chi connectivity index (χ1v) is 7.68. The summed E-state index contributed by atoms with van der Waals surface area (Å²) in [5.74, 6) is 0.818. The van der Waals surface area contributed by atoms with Crippen molar-refractivity contribution >= 4 is 5.91 Å². The van der Waals surface area contributed by atoms with Gasteiger partial charge < -0.3 is 9.64 Å². The number of benzene rings is 1. The number of nitrogens with zero attached hydrogens (tertiary/aromatic N) is 2. The summed E-state index contributed by atoms with van der Waals surface area (Å²) in [6, 6.07) is 7.60. The van der Waals surface area contributed by atoms with Gasteiger partial charge in [0.05, 0.1) is 24.6 Å². The number of carbonyl (C=O) groups excluding carboxylic acids is 1. The highest BCUT2D eigenvalue weighted by Crippen LogP contribution is 2.24. The lowest BCUT2D eigenvalue weighted by Crippen LogP contribution is -2.32. The molecule has 0 radical (unpaired) electrons. The number of ether oxygens (including phenoxy) is 1. The molecule has 0 aliphatic rings. The summed E-state index contributed by atoms with van der Waals surface area (Å²) in [6.07, 6.45) is 3.50. The lowest BCUT2D eigenvalue weighted by atomic mass is 10.1. The summed E-state index contributed by atoms with van der Waals surface area (Å²) in [7, 11) is 1.63. The Morgan fingerprint density at radius 2 is 1.82 bits per heavy atom. The molecule has 1 aromatic heterocycles. The number of nitrogens with one attached hydrogen (secondary N) is 1. The molecule has 22 heavy (non-hydrogen) atoms. The number of methoxy groups -OCH3 is 1. The second-order valence-corrected chi connectivity index (χ2v) is 5.18. The summed E-state index contributed by atoms with van der Waals surface area (Å²) in [5.41, 5.74) is 2.30. The van der Waals surface area contributed by atoms with Gasteiger partial charge in [0, 0.05) is 18.7 Å². The highest BCUT2D eigenvalue weighted by atomic mass is 16.5. The molecule has 0 unspecified atom stereocenters. The van der Waals surface area contributed by atoms with E-state index in [1.807, 2.05) is 29.2 Å². The van der Waals surface area contributed by atoms with Crippen LogP contribution in [0.5, 0.6) is 5.75 Å². The van der Waals surface area contributed by atoms with Crippen molar-refractivity contribution in [1.82, 2.24) is 15.1 Å². The molecule has 0 aliphatic carbocycles. The predicted molar refractivity (Wildman–Crippen MR) is 87.1 cm³/mol. The Balaban J connectivity index is 2.29. The second kappa shape index (κ2) is 7.64. The van der Waals surface area contributed by atoms with Crippen molar-refractivity contribution in [3.05, 3.63) is 36.0 Å². The van der Waals surface area contributed by atoms with E-state index in [1.165, 1.54) is 0 Å². The molecular formula is C17H23N3O2. The van der Waals surface area contributed by atoms with Crippen LogP contribution in [-0.4, -0.2) is 41.2 Å². The van der Waals surface area contributed by atoms with Crippen molar-refractivity contribution in [3.63, 3.8) is 0 Å². The van der Waals surface area contributed by atoms with Gasteiger partial charge in [-0.3, -0.25) is 9.89 Å². The number of carbonyl (C=O) groups is 1. The maximum Gasteiger partial charge on any atom is 0.257 e. The summed E-state index contributed by atoms with van der Waals surface area (Å²) in [4.78, 5) is 14.6. The Kier molecular flexibility index (Phi) is 5.58. The van der Waals surface area contributed by atoms with Crippen LogP contribution in [0.3, 0.4) is 0 Å². The number of amides is 1. The van der Waals surface area contributed by atoms with Gasteiger partial charge in [0.15, 0.2) is 0 Å². The lowest BCUT2D eigenvalue weighted by Gasteiger charge is -2.21. The monoisotopic (exact) mass is 301 g/mol. The van der Waals surface area contributed by atoms with E-state index in [4.69, 9.17) is 4.74 Å². The zero-order chi connectivity index (χ0) is 15.9. The van der Waals surface area contributed by atoms with E-state index < -0.39 is 0 Å². The average Bonchev–Trinajstić information content (AvgIpc) is 3.03. The number of hydrogen-bond acceptors (Lipinski definition) is 3. The van der Waals surface area contributed by atoms with E-state index in [0.717, 1.165) is 42.9 Å². The molecule has 1 amide bonds. The zero-order valence-corrected chi connectivity index (χ0v) is 13.4. The maximum absolute atomic E-state index is 12.7. The van der Waals surface area contributed by atoms with Gasteiger partial charge >= 0.3 is 0 Å². The molecule has 0 fully saturated rings. The molecule has 0 atom stereocenters. The van der Waals surface area contributed by atoms with Crippen molar-refractivity contribution in [3.8, 4) is 17.0 Å². The quantitative estimate of drug-likeness (QED) is 0.853. The first-order chi connectivity index (χ1) is 10.7. The van der Waals surface area contributed by atoms with Crippen molar-refractivity contribution in [2.45, 2.75) is 26.7 Å². The third-order valence-electron chi connectivity index (χ3n) is 3.52. The minimum atomic E-state index is 0.0308. The van der Waals surface area contributed by atoms with Crippen LogP contribution in [-0.2, 0) is 0 Å². The Morgan fingerprint density at radius 3 is 2.36 bits per heavy atom. The van der Waals surface area contributed by atoms with Crippen LogP contribution in [0.2, 0.25) is 0 Å². The molecule has 5 nitrogen and oxygen atoms in total. The summed E-state index contributed by atoms with van der Waals surface area (Å²) >= 11 is 0. The fraction of sp³-hybridized carbons (Fsp3) is 0.412. The molecule has 2 aromatic rings. The van der Waals surface area contributed by atoms with Crippen LogP contribution in [0.25, 0.3) is 11.3 Å². The molecule has 1 N–H and O–H groups in total. The highest BCUT2D eigenvalue weighted by Gasteiger charge is 2.20. The second-order valence-electron chi connectivity index (χ2n) is 5.18. The molecule has 1 heterocycles. The Bertz CT molecular complexity index is 599. The van der Waals surface area contributed by atoms with Crippen molar-refractivity contribution < 1.29 is 9.53 Å². The van der Waals surface area contributed by atoms with Crippen molar-refractivity contribution in [1.29, 1.82) is 0 Å². The Morgan fingerprint density at radius 1 is 1.18 bits per heavy atom. The van der Waals surface area contributed by atoms with Crippen molar-refractivity contribution in [2.75, 3.05) is 20.2 Å². The van der Waals surface area contributed by atoms with Crippen LogP contribution in [0.4, 0.5) is 0 Å². The van der Waals surface area contributed by atoms with Crippen LogP contribution < -0.4 is 4.74 Å². The van der Waals surface area contributed by atoms with E-state index in [0.29, 0.717) is 5.56 Å². The Labute approximate surface area is 131 Å². The van der Waals surface area contributed by atoms with Crippen LogP contribution >= 0.6 is 0 Å². The molecule has 2 rings (SSSR count). The van der Waals surface area contributed by atoms with Crippen LogP contribution in [0, 0.1) is 0 Å². The van der Waals surface area contributed by atoms with Gasteiger partial charge in [0.25, 0.3) is 5.91 Å². The largest absolute Gasteiger partial charge is 0.497 e. The maximum atomic E-state index is 12.7. The van der Waals surface area contributed by atoms with Crippen molar-refractivity contribution in [2.24, 2.45) is 0 Å². The molecule has 0 aliphatic heterocycles. The predicted octanol–water partition coefficient (Wildman–Crippen LogP) is 3.35. The van der Waals surface area contributed by atoms with Gasteiger partial charge in [-0.15, -0.1) is 0 Å². The zero-order valence-electron chi connectivity index (χ0n) is 13.4. The molecular weight excluding hydrogens is 278 g/mol. The summed E-state index contributed by atoms with van der Waals surface area (Å²) < 4.78 is 5.17. The molecule has 118 valence electrons. The van der Waals surface area contributed by atoms with E-state index in [9.17, 15) is 4.79 Å². The molecule has 0 saturated carbocycles. The van der Waals surface area contributed by atoms with E-state index in [-0.39, 0.29) is 5.91 Å². The van der Waals surface area contributed by atoms with Gasteiger partial charge in [0.2, 0.25) is 0 Å². The van der Waals surface area contributed by atoms with Gasteiger partial charge in [0.1, 0.15) is 5.75 Å². The topological polar surface area (TPSA) is 58.2 Å². The minimum Gasteiger partial charge on any atom is -0.497 e. The minimum absolute atomic E-state index is 0.0308. The van der Waals surface area contributed by atoms with E-state index >= 15 is 0 Å². The highest BCUT2D eigenvalue weighted by molar-refractivity contribution is 5.99. The standard InChI is InChI=1S/C17H23N3O2/c1-4-10-20(11-5-2)17(21)15-12-18-19-16(15)13-6-8-14(22-3)9-7-13/h6-9,12H,4-5,10-11H2,1-3H3,(H,18,19). The SMILES string of the molecule is CCCN(CCC)C(=O)c1cn[nH]c1-c1ccc(OC)cc1. The fourth-order valence-electron chi connectivity index (χ4n) is 2.45. The van der Waals surface area contributed by atoms with Gasteiger partial charge in [-0.05, 0) is 37.1 Å². The van der Waals surface area contributed by atoms with Gasteiger partial charge in [-0.1, -0.05) is 13.8 Å². The fourth-order valence-corrected chi connectivity index (χ4v) is 2.45. The smallest absolute Gasteiger partial charge is 0.257 e. The first kappa shape index (κ1) is 16.1. The summed E-state index contributed by atoms with van der Waals surface area (Å²) in [6.45, 7) is 5.69. The average molecular weight is 301 g/mol. The van der Waals surface area contributed by atoms with Gasteiger partial charge in [-0.2, -0.15) is 5.10 Å². The molecule has 0 saturated heterocycles. The lowest BCUT2D eigenvalue weighted by molar-refractivity contribution is 0.0756. The van der Waals surface area contributed by atoms with Crippen LogP contribution in [0.1, 0.15) is 37.0 Å². The Hall–Kier alpha value is -2.30. The summed E-state index contributed by atoms with van der Waals surface area (Å²) in [5, 5.41) is 7.00. The number of aromatic nitrogens is 2. The molecule has 0 bridgehead atoms. The number of rotatable bonds is 7. The van der Waals surface area contributed by atoms with Gasteiger partial charge in [-0.25, -0.2) is 0 Å². The number of aromatic amines is 1. The van der Waals surface area contributed by atoms with E-state index in [2.05, 4.69) is 24.0 Å². The first-order valence-electron chi connectivity index (χ1n) is 7.68. The third kappa shape index (κ3) is 3.47. The molecule has 0 spiro atoms. The molecule has 5 heteroatoms. The van der Waals surface area contributed by atoms with Crippen LogP contribution in [0.15, 0.2) is 30.5 Å². The third-order valence-corrected chi connectivity index (χ3v) is 3.52. The van der Waals surface area contributed by atoms with E-state index in [1.54, 1.807) is 13.3 Å². The number of H-pyrrole nitrogens is 1. The molecule has 1 aromatic carbocycles. The number of hydrogen-bond donors (Lipinski definition) is 1.